The van der Waals surface area contributed by atoms with Crippen LogP contribution in [0.5, 0.6) is 0 Å². The van der Waals surface area contributed by atoms with E-state index in [1.807, 2.05) is 6.92 Å². The Hall–Kier alpha value is -1.79. The molecule has 0 spiro atoms. The van der Waals surface area contributed by atoms with Crippen molar-refractivity contribution in [2.45, 2.75) is 50.0 Å². The van der Waals surface area contributed by atoms with Gasteiger partial charge in [0, 0.05) is 6.20 Å². The molecule has 1 aromatic carbocycles. The van der Waals surface area contributed by atoms with Gasteiger partial charge in [0.15, 0.2) is 0 Å². The van der Waals surface area contributed by atoms with Crippen molar-refractivity contribution in [1.29, 1.82) is 0 Å². The van der Waals surface area contributed by atoms with Gasteiger partial charge in [-0.15, -0.1) is 0 Å². The van der Waals surface area contributed by atoms with Gasteiger partial charge in [-0.05, 0) is 69.5 Å². The van der Waals surface area contributed by atoms with Gasteiger partial charge in [0.25, 0.3) is 10.0 Å². The molecular formula is C20H28N2O3S. The van der Waals surface area contributed by atoms with E-state index in [9.17, 15) is 13.5 Å². The van der Waals surface area contributed by atoms with Crippen molar-refractivity contribution in [3.8, 4) is 0 Å². The summed E-state index contributed by atoms with van der Waals surface area (Å²) < 4.78 is 27.6. The minimum absolute atomic E-state index is 0.123. The lowest BCUT2D eigenvalue weighted by Gasteiger charge is -2.34. The van der Waals surface area contributed by atoms with Gasteiger partial charge in [0.2, 0.25) is 0 Å². The number of sulfonamides is 1. The molecule has 142 valence electrons. The summed E-state index contributed by atoms with van der Waals surface area (Å²) in [6, 6.07) is 6.32. The predicted octanol–water partition coefficient (Wildman–Crippen LogP) is 3.49. The molecule has 3 rings (SSSR count). The van der Waals surface area contributed by atoms with E-state index in [1.165, 1.54) is 4.31 Å². The third-order valence-electron chi connectivity index (χ3n) is 5.25. The Bertz CT molecular complexity index is 761. The molecule has 0 saturated carbocycles. The minimum Gasteiger partial charge on any atom is -0.510 e. The molecule has 0 aromatic heterocycles. The maximum atomic E-state index is 13.1. The highest BCUT2D eigenvalue weighted by Gasteiger charge is 2.34. The minimum atomic E-state index is -3.70. The van der Waals surface area contributed by atoms with Crippen molar-refractivity contribution in [1.82, 2.24) is 9.62 Å². The lowest BCUT2D eigenvalue weighted by molar-refractivity contribution is 0.241. The topological polar surface area (TPSA) is 69.6 Å². The number of aryl methyl sites for hydroxylation is 1. The molecule has 0 bridgehead atoms. The quantitative estimate of drug-likeness (QED) is 0.844. The van der Waals surface area contributed by atoms with E-state index >= 15 is 0 Å². The summed E-state index contributed by atoms with van der Waals surface area (Å²) >= 11 is 0. The zero-order chi connectivity index (χ0) is 18.6. The highest BCUT2D eigenvalue weighted by molar-refractivity contribution is 7.89. The van der Waals surface area contributed by atoms with Crippen LogP contribution in [0.1, 0.15) is 37.7 Å². The van der Waals surface area contributed by atoms with Crippen LogP contribution in [0.2, 0.25) is 0 Å². The molecule has 2 N–H and O–H groups in total. The summed E-state index contributed by atoms with van der Waals surface area (Å²) in [4.78, 5) is 0.256. The molecule has 5 nitrogen and oxygen atoms in total. The Balaban J connectivity index is 1.83. The summed E-state index contributed by atoms with van der Waals surface area (Å²) in [5.41, 5.74) is 1.01. The summed E-state index contributed by atoms with van der Waals surface area (Å²) in [5, 5.41) is 13.9. The lowest BCUT2D eigenvalue weighted by Crippen LogP contribution is -2.40. The summed E-state index contributed by atoms with van der Waals surface area (Å²) in [6.07, 6.45) is 9.77. The van der Waals surface area contributed by atoms with E-state index in [2.05, 4.69) is 5.32 Å². The van der Waals surface area contributed by atoms with Crippen LogP contribution in [0.15, 0.2) is 53.3 Å². The highest BCUT2D eigenvalue weighted by Crippen LogP contribution is 2.31. The Kier molecular flexibility index (Phi) is 6.04. The average molecular weight is 377 g/mol. The fraction of sp³-hybridized carbons (Fsp3) is 0.500. The van der Waals surface area contributed by atoms with E-state index < -0.39 is 16.1 Å². The summed E-state index contributed by atoms with van der Waals surface area (Å²) in [7, 11) is -3.70. The third-order valence-corrected chi connectivity index (χ3v) is 7.05. The highest BCUT2D eigenvalue weighted by atomic mass is 32.2. The number of rotatable bonds is 4. The SMILES string of the molecule is Cc1ccc(S(=O)(=O)N2C=CC=C(O)C2CC2CCCCNCC2)cc1. The number of hydrogen-bond donors (Lipinski definition) is 2. The number of aliphatic hydroxyl groups is 1. The van der Waals surface area contributed by atoms with Gasteiger partial charge >= 0.3 is 0 Å². The van der Waals surface area contributed by atoms with Crippen molar-refractivity contribution < 1.29 is 13.5 Å². The largest absolute Gasteiger partial charge is 0.510 e. The molecule has 2 unspecified atom stereocenters. The van der Waals surface area contributed by atoms with Crippen LogP contribution in [0.25, 0.3) is 0 Å². The predicted molar refractivity (Wildman–Crippen MR) is 103 cm³/mol. The second kappa shape index (κ2) is 8.27. The number of benzene rings is 1. The van der Waals surface area contributed by atoms with Crippen LogP contribution in [-0.2, 0) is 10.0 Å². The molecule has 0 aliphatic carbocycles. The van der Waals surface area contributed by atoms with Gasteiger partial charge in [-0.2, -0.15) is 0 Å². The van der Waals surface area contributed by atoms with Gasteiger partial charge in [-0.1, -0.05) is 30.5 Å². The average Bonchev–Trinajstić information content (AvgIpc) is 2.59. The van der Waals surface area contributed by atoms with Gasteiger partial charge in [0.1, 0.15) is 11.8 Å². The van der Waals surface area contributed by atoms with Crippen LogP contribution in [0.3, 0.4) is 0 Å². The maximum absolute atomic E-state index is 13.1. The molecule has 6 heteroatoms. The fourth-order valence-corrected chi connectivity index (χ4v) is 5.17. The monoisotopic (exact) mass is 376 g/mol. The van der Waals surface area contributed by atoms with Gasteiger partial charge in [-0.25, -0.2) is 8.42 Å². The van der Waals surface area contributed by atoms with Crippen LogP contribution in [-0.4, -0.2) is 37.0 Å². The molecule has 0 amide bonds. The first-order valence-electron chi connectivity index (χ1n) is 9.37. The molecule has 26 heavy (non-hydrogen) atoms. The number of nitrogens with one attached hydrogen (secondary N) is 1. The van der Waals surface area contributed by atoms with Crippen molar-refractivity contribution in [2.75, 3.05) is 13.1 Å². The van der Waals surface area contributed by atoms with E-state index in [4.69, 9.17) is 0 Å². The van der Waals surface area contributed by atoms with Gasteiger partial charge < -0.3 is 10.4 Å². The molecule has 0 radical (unpaired) electrons. The van der Waals surface area contributed by atoms with Crippen LogP contribution in [0.4, 0.5) is 0 Å². The fourth-order valence-electron chi connectivity index (χ4n) is 3.69. The van der Waals surface area contributed by atoms with E-state index in [0.717, 1.165) is 44.3 Å². The molecule has 1 aromatic rings. The van der Waals surface area contributed by atoms with Crippen LogP contribution in [0, 0.1) is 12.8 Å². The van der Waals surface area contributed by atoms with Gasteiger partial charge in [-0.3, -0.25) is 4.31 Å². The zero-order valence-electron chi connectivity index (χ0n) is 15.3. The first-order chi connectivity index (χ1) is 12.5. The zero-order valence-corrected chi connectivity index (χ0v) is 16.1. The molecule has 2 aliphatic rings. The van der Waals surface area contributed by atoms with Crippen molar-refractivity contribution >= 4 is 10.0 Å². The second-order valence-electron chi connectivity index (χ2n) is 7.23. The number of hydrogen-bond acceptors (Lipinski definition) is 4. The van der Waals surface area contributed by atoms with Gasteiger partial charge in [0.05, 0.1) is 4.90 Å². The summed E-state index contributed by atoms with van der Waals surface area (Å²) in [6.45, 7) is 3.93. The first-order valence-corrected chi connectivity index (χ1v) is 10.8. The molecule has 1 fully saturated rings. The Morgan fingerprint density at radius 3 is 2.69 bits per heavy atom. The second-order valence-corrected chi connectivity index (χ2v) is 9.08. The Labute approximate surface area is 156 Å². The van der Waals surface area contributed by atoms with Crippen molar-refractivity contribution in [3.63, 3.8) is 0 Å². The van der Waals surface area contributed by atoms with E-state index in [-0.39, 0.29) is 10.7 Å². The maximum Gasteiger partial charge on any atom is 0.264 e. The summed E-state index contributed by atoms with van der Waals surface area (Å²) in [5.74, 6) is 0.517. The van der Waals surface area contributed by atoms with Crippen LogP contribution >= 0.6 is 0 Å². The Morgan fingerprint density at radius 2 is 1.92 bits per heavy atom. The molecule has 2 atom stereocenters. The smallest absolute Gasteiger partial charge is 0.264 e. The van der Waals surface area contributed by atoms with Crippen molar-refractivity contribution in [2.24, 2.45) is 5.92 Å². The first kappa shape index (κ1) is 19.0. The molecule has 2 aliphatic heterocycles. The van der Waals surface area contributed by atoms with Crippen LogP contribution < -0.4 is 5.32 Å². The number of aliphatic hydroxyl groups excluding tert-OH is 1. The van der Waals surface area contributed by atoms with E-state index in [0.29, 0.717) is 12.3 Å². The standard InChI is InChI=1S/C20H28N2O3S/c1-16-7-9-18(10-8-16)26(24,25)22-14-4-6-20(23)19(22)15-17-5-2-3-12-21-13-11-17/h4,6-10,14,17,19,21,23H,2-3,5,11-13,15H2,1H3. The molecule has 2 heterocycles. The molecular weight excluding hydrogens is 348 g/mol. The van der Waals surface area contributed by atoms with Crippen molar-refractivity contribution in [3.05, 3.63) is 53.9 Å². The Morgan fingerprint density at radius 1 is 1.15 bits per heavy atom. The normalized spacial score (nSPS) is 24.7. The molecule has 1 saturated heterocycles. The number of nitrogens with zero attached hydrogens (tertiary/aromatic N) is 1. The number of allylic oxidation sites excluding steroid dienone is 2. The lowest BCUT2D eigenvalue weighted by atomic mass is 9.89. The third kappa shape index (κ3) is 4.30. The van der Waals surface area contributed by atoms with E-state index in [1.54, 1.807) is 42.6 Å².